The SMILES string of the molecule is OC[C@H]1O[C@H](O[C@H]2[C@@H](O)[C@@H](O)[C@@H](O)O[C@@H]2CO)[C@@H](O)[C@@H](O)[C@@H]1O. The smallest absolute Gasteiger partial charge is 0.187 e. The van der Waals surface area contributed by atoms with Crippen LogP contribution in [0.3, 0.4) is 0 Å². The maximum absolute atomic E-state index is 9.94. The molecule has 2 fully saturated rings. The van der Waals surface area contributed by atoms with Crippen LogP contribution in [0.15, 0.2) is 0 Å². The fourth-order valence-electron chi connectivity index (χ4n) is 2.57. The van der Waals surface area contributed by atoms with Crippen molar-refractivity contribution in [3.05, 3.63) is 0 Å². The lowest BCUT2D eigenvalue weighted by Crippen LogP contribution is -2.64. The standard InChI is InChI=1S/C12H22O11/c13-1-3-5(15)6(16)9(19)12(22-3)23-10-4(2-14)21-11(20)8(18)7(10)17/h3-20H,1-2H2/t3-,4-,5-,6+,7+,8-,9+,10-,11+,12-/m1/s1. The summed E-state index contributed by atoms with van der Waals surface area (Å²) in [6.45, 7) is -1.35. The third kappa shape index (κ3) is 3.65. The Bertz CT molecular complexity index is 378. The number of hydrogen-bond donors (Lipinski definition) is 8. The Balaban J connectivity index is 2.11. The van der Waals surface area contributed by atoms with Gasteiger partial charge in [0.2, 0.25) is 0 Å². The second-order valence-corrected chi connectivity index (χ2v) is 5.53. The first-order chi connectivity index (χ1) is 10.8. The summed E-state index contributed by atoms with van der Waals surface area (Å²) in [5.41, 5.74) is 0. The Morgan fingerprint density at radius 1 is 0.652 bits per heavy atom. The van der Waals surface area contributed by atoms with Gasteiger partial charge in [-0.3, -0.25) is 0 Å². The minimum absolute atomic E-state index is 0.667. The highest BCUT2D eigenvalue weighted by Gasteiger charge is 2.50. The molecule has 0 aromatic carbocycles. The van der Waals surface area contributed by atoms with Crippen LogP contribution < -0.4 is 0 Å². The van der Waals surface area contributed by atoms with Gasteiger partial charge in [-0.2, -0.15) is 0 Å². The van der Waals surface area contributed by atoms with E-state index in [1.54, 1.807) is 0 Å². The van der Waals surface area contributed by atoms with E-state index in [1.807, 2.05) is 0 Å². The summed E-state index contributed by atoms with van der Waals surface area (Å²) in [5, 5.41) is 76.5. The second-order valence-electron chi connectivity index (χ2n) is 5.53. The van der Waals surface area contributed by atoms with Crippen molar-refractivity contribution >= 4 is 0 Å². The lowest BCUT2D eigenvalue weighted by Gasteiger charge is -2.45. The predicted molar refractivity (Wildman–Crippen MR) is 68.6 cm³/mol. The Kier molecular flexibility index (Phi) is 6.27. The maximum Gasteiger partial charge on any atom is 0.187 e. The van der Waals surface area contributed by atoms with Gasteiger partial charge in [-0.25, -0.2) is 0 Å². The molecule has 0 unspecified atom stereocenters. The van der Waals surface area contributed by atoms with Crippen LogP contribution in [-0.4, -0.2) is 115 Å². The van der Waals surface area contributed by atoms with Gasteiger partial charge in [0.05, 0.1) is 13.2 Å². The van der Waals surface area contributed by atoms with E-state index >= 15 is 0 Å². The average molecular weight is 342 g/mol. The van der Waals surface area contributed by atoms with Gasteiger partial charge in [-0.1, -0.05) is 0 Å². The zero-order valence-electron chi connectivity index (χ0n) is 12.0. The number of aliphatic hydroxyl groups excluding tert-OH is 8. The zero-order chi connectivity index (χ0) is 17.3. The van der Waals surface area contributed by atoms with Crippen LogP contribution in [-0.2, 0) is 14.2 Å². The van der Waals surface area contributed by atoms with Gasteiger partial charge in [-0.05, 0) is 0 Å². The molecule has 10 atom stereocenters. The zero-order valence-corrected chi connectivity index (χ0v) is 12.0. The Morgan fingerprint density at radius 2 is 1.26 bits per heavy atom. The largest absolute Gasteiger partial charge is 0.394 e. The summed E-state index contributed by atoms with van der Waals surface area (Å²) in [6.07, 6.45) is -15.6. The van der Waals surface area contributed by atoms with Crippen LogP contribution in [0.2, 0.25) is 0 Å². The summed E-state index contributed by atoms with van der Waals surface area (Å²) in [5.74, 6) is 0. The van der Waals surface area contributed by atoms with Crippen molar-refractivity contribution in [2.24, 2.45) is 0 Å². The van der Waals surface area contributed by atoms with E-state index in [2.05, 4.69) is 0 Å². The molecule has 0 spiro atoms. The van der Waals surface area contributed by atoms with Crippen LogP contribution in [0.5, 0.6) is 0 Å². The van der Waals surface area contributed by atoms with E-state index in [4.69, 9.17) is 19.3 Å². The molecule has 2 aliphatic rings. The molecule has 0 aromatic rings. The summed E-state index contributed by atoms with van der Waals surface area (Å²) in [7, 11) is 0. The number of rotatable bonds is 4. The molecule has 11 heteroatoms. The van der Waals surface area contributed by atoms with Gasteiger partial charge in [0.15, 0.2) is 12.6 Å². The summed E-state index contributed by atoms with van der Waals surface area (Å²) in [6, 6.07) is 0. The van der Waals surface area contributed by atoms with Crippen molar-refractivity contribution in [1.82, 2.24) is 0 Å². The third-order valence-corrected chi connectivity index (χ3v) is 3.98. The monoisotopic (exact) mass is 342 g/mol. The van der Waals surface area contributed by atoms with Crippen molar-refractivity contribution < 1.29 is 55.1 Å². The third-order valence-electron chi connectivity index (χ3n) is 3.98. The highest BCUT2D eigenvalue weighted by molar-refractivity contribution is 4.93. The molecule has 2 saturated heterocycles. The molecular weight excluding hydrogens is 320 g/mol. The topological polar surface area (TPSA) is 190 Å². The molecule has 0 amide bonds. The van der Waals surface area contributed by atoms with E-state index in [-0.39, 0.29) is 0 Å². The van der Waals surface area contributed by atoms with Gasteiger partial charge in [0.1, 0.15) is 48.8 Å². The molecule has 11 nitrogen and oxygen atoms in total. The van der Waals surface area contributed by atoms with Crippen LogP contribution in [0.25, 0.3) is 0 Å². The predicted octanol–water partition coefficient (Wildman–Crippen LogP) is -5.40. The fraction of sp³-hybridized carbons (Fsp3) is 1.00. The van der Waals surface area contributed by atoms with E-state index in [9.17, 15) is 35.7 Å². The van der Waals surface area contributed by atoms with E-state index < -0.39 is 74.6 Å². The minimum atomic E-state index is -1.74. The van der Waals surface area contributed by atoms with E-state index in [1.165, 1.54) is 0 Å². The maximum atomic E-state index is 9.94. The van der Waals surface area contributed by atoms with Gasteiger partial charge in [0, 0.05) is 0 Å². The Labute approximate surface area is 130 Å². The molecule has 0 aliphatic carbocycles. The summed E-state index contributed by atoms with van der Waals surface area (Å²) in [4.78, 5) is 0. The number of hydrogen-bond acceptors (Lipinski definition) is 11. The van der Waals surface area contributed by atoms with Crippen LogP contribution in [0.1, 0.15) is 0 Å². The molecule has 0 radical (unpaired) electrons. The average Bonchev–Trinajstić information content (AvgIpc) is 2.55. The molecule has 2 aliphatic heterocycles. The molecule has 23 heavy (non-hydrogen) atoms. The molecule has 136 valence electrons. The van der Waals surface area contributed by atoms with Crippen LogP contribution in [0, 0.1) is 0 Å². The molecule has 2 rings (SSSR count). The van der Waals surface area contributed by atoms with E-state index in [0.29, 0.717) is 0 Å². The van der Waals surface area contributed by atoms with E-state index in [0.717, 1.165) is 0 Å². The number of aliphatic hydroxyl groups is 8. The molecular formula is C12H22O11. The van der Waals surface area contributed by atoms with Gasteiger partial charge in [0.25, 0.3) is 0 Å². The minimum Gasteiger partial charge on any atom is -0.394 e. The Hall–Kier alpha value is -0.440. The van der Waals surface area contributed by atoms with Gasteiger partial charge in [-0.15, -0.1) is 0 Å². The first-order valence-electron chi connectivity index (χ1n) is 7.08. The van der Waals surface area contributed by atoms with Crippen LogP contribution in [0.4, 0.5) is 0 Å². The summed E-state index contributed by atoms with van der Waals surface area (Å²) < 4.78 is 15.3. The van der Waals surface area contributed by atoms with Crippen LogP contribution >= 0.6 is 0 Å². The van der Waals surface area contributed by atoms with Crippen molar-refractivity contribution in [2.75, 3.05) is 13.2 Å². The molecule has 8 N–H and O–H groups in total. The van der Waals surface area contributed by atoms with Gasteiger partial charge < -0.3 is 55.1 Å². The molecule has 0 aromatic heterocycles. The highest BCUT2D eigenvalue weighted by atomic mass is 16.7. The normalized spacial score (nSPS) is 51.7. The lowest BCUT2D eigenvalue weighted by atomic mass is 9.97. The van der Waals surface area contributed by atoms with Crippen molar-refractivity contribution in [1.29, 1.82) is 0 Å². The quantitative estimate of drug-likeness (QED) is 0.243. The number of ether oxygens (including phenoxy) is 3. The lowest BCUT2D eigenvalue weighted by molar-refractivity contribution is -0.355. The van der Waals surface area contributed by atoms with Crippen molar-refractivity contribution in [2.45, 2.75) is 61.4 Å². The molecule has 0 saturated carbocycles. The fourth-order valence-corrected chi connectivity index (χ4v) is 2.57. The second kappa shape index (κ2) is 7.63. The molecule has 0 bridgehead atoms. The van der Waals surface area contributed by atoms with Crippen molar-refractivity contribution in [3.8, 4) is 0 Å². The highest BCUT2D eigenvalue weighted by Crippen LogP contribution is 2.28. The summed E-state index contributed by atoms with van der Waals surface area (Å²) >= 11 is 0. The van der Waals surface area contributed by atoms with Crippen molar-refractivity contribution in [3.63, 3.8) is 0 Å². The van der Waals surface area contributed by atoms with Gasteiger partial charge >= 0.3 is 0 Å². The Morgan fingerprint density at radius 3 is 1.83 bits per heavy atom. The first kappa shape index (κ1) is 18.9. The molecule has 2 heterocycles. The first-order valence-corrected chi connectivity index (χ1v) is 7.08.